The molecular weight excluding hydrogens is 547 g/mol. The molecule has 0 radical (unpaired) electrons. The number of hydrogen-bond acceptors (Lipinski definition) is 4. The summed E-state index contributed by atoms with van der Waals surface area (Å²) in [6.07, 6.45) is -1.89. The predicted octanol–water partition coefficient (Wildman–Crippen LogP) is 7.53. The summed E-state index contributed by atoms with van der Waals surface area (Å²) in [7, 11) is 0. The zero-order valence-electron chi connectivity index (χ0n) is 23.1. The lowest BCUT2D eigenvalue weighted by atomic mass is 9.98. The molecule has 0 bridgehead atoms. The van der Waals surface area contributed by atoms with E-state index in [1.807, 2.05) is 29.7 Å². The van der Waals surface area contributed by atoms with Crippen molar-refractivity contribution in [1.82, 2.24) is 14.8 Å². The van der Waals surface area contributed by atoms with Gasteiger partial charge in [-0.3, -0.25) is 5.10 Å². The number of alkyl halides is 3. The summed E-state index contributed by atoms with van der Waals surface area (Å²) >= 11 is 0. The highest BCUT2D eigenvalue weighted by Gasteiger charge is 2.30. The predicted molar refractivity (Wildman–Crippen MR) is 153 cm³/mol. The molecule has 42 heavy (non-hydrogen) atoms. The standard InChI is InChI=1S/C32H30F3N3O4/c1-19-28-25-9-5-8-23-24(30(31(39)40)38(29(23)25)14-2-3-15-41-18-26(28)37-36-19)10-6-16-42-27-11-4-7-20-17-21(32(33,34)35)12-13-22(20)27/h4-5,7-9,11-13,17H,2-3,6,10,14-16,18H2,1H3,(H,36,37)(H,39,40). The number of rotatable bonds is 6. The van der Waals surface area contributed by atoms with Crippen LogP contribution in [0.1, 0.15) is 52.3 Å². The lowest BCUT2D eigenvalue weighted by molar-refractivity contribution is -0.137. The number of fused-ring (bicyclic) bond motifs is 3. The number of aromatic nitrogens is 3. The summed E-state index contributed by atoms with van der Waals surface area (Å²) in [6, 6.07) is 14.5. The Morgan fingerprint density at radius 2 is 1.95 bits per heavy atom. The number of aromatic amines is 1. The largest absolute Gasteiger partial charge is 0.493 e. The van der Waals surface area contributed by atoms with Gasteiger partial charge < -0.3 is 19.1 Å². The molecule has 0 spiro atoms. The maximum Gasteiger partial charge on any atom is 0.416 e. The number of ether oxygens (including phenoxy) is 2. The molecule has 3 aromatic carbocycles. The van der Waals surface area contributed by atoms with E-state index in [-0.39, 0.29) is 12.3 Å². The van der Waals surface area contributed by atoms with Crippen molar-refractivity contribution in [1.29, 1.82) is 0 Å². The number of H-pyrrole nitrogens is 1. The Kier molecular flexibility index (Phi) is 7.40. The molecule has 3 heterocycles. The highest BCUT2D eigenvalue weighted by Crippen LogP contribution is 2.39. The number of aromatic carboxylic acids is 1. The molecule has 2 aromatic heterocycles. The van der Waals surface area contributed by atoms with Crippen molar-refractivity contribution in [3.63, 3.8) is 0 Å². The first-order valence-corrected chi connectivity index (χ1v) is 14.0. The van der Waals surface area contributed by atoms with Crippen LogP contribution in [0.4, 0.5) is 13.2 Å². The minimum absolute atomic E-state index is 0.269. The lowest BCUT2D eigenvalue weighted by Crippen LogP contribution is -2.12. The number of benzene rings is 3. The van der Waals surface area contributed by atoms with Crippen LogP contribution in [0.15, 0.2) is 54.6 Å². The zero-order valence-corrected chi connectivity index (χ0v) is 23.1. The molecule has 10 heteroatoms. The normalized spacial score (nSPS) is 14.1. The van der Waals surface area contributed by atoms with E-state index in [0.29, 0.717) is 49.1 Å². The van der Waals surface area contributed by atoms with Crippen molar-refractivity contribution in [2.45, 2.75) is 51.9 Å². The first-order valence-electron chi connectivity index (χ1n) is 14.0. The van der Waals surface area contributed by atoms with Gasteiger partial charge in [-0.15, -0.1) is 0 Å². The van der Waals surface area contributed by atoms with E-state index in [4.69, 9.17) is 9.47 Å². The first-order chi connectivity index (χ1) is 20.2. The molecular formula is C32H30F3N3O4. The minimum Gasteiger partial charge on any atom is -0.493 e. The van der Waals surface area contributed by atoms with Crippen LogP contribution < -0.4 is 4.74 Å². The van der Waals surface area contributed by atoms with Gasteiger partial charge in [-0.25, -0.2) is 4.79 Å². The zero-order chi connectivity index (χ0) is 29.4. The molecule has 0 amide bonds. The molecule has 218 valence electrons. The van der Waals surface area contributed by atoms with Crippen LogP contribution >= 0.6 is 0 Å². The number of nitrogens with one attached hydrogen (secondary N) is 1. The third kappa shape index (κ3) is 5.11. The summed E-state index contributed by atoms with van der Waals surface area (Å²) in [5.41, 5.74) is 4.69. The van der Waals surface area contributed by atoms with Gasteiger partial charge in [0.05, 0.1) is 30.0 Å². The van der Waals surface area contributed by atoms with Crippen LogP contribution in [0, 0.1) is 6.92 Å². The van der Waals surface area contributed by atoms with Crippen molar-refractivity contribution < 1.29 is 32.5 Å². The summed E-state index contributed by atoms with van der Waals surface area (Å²) in [5, 5.41) is 19.8. The van der Waals surface area contributed by atoms with Gasteiger partial charge in [0, 0.05) is 40.7 Å². The van der Waals surface area contributed by atoms with Crippen molar-refractivity contribution >= 4 is 27.6 Å². The Morgan fingerprint density at radius 3 is 2.76 bits per heavy atom. The van der Waals surface area contributed by atoms with Gasteiger partial charge in [0.1, 0.15) is 11.4 Å². The second kappa shape index (κ2) is 11.2. The molecule has 2 N–H and O–H groups in total. The smallest absolute Gasteiger partial charge is 0.416 e. The van der Waals surface area contributed by atoms with E-state index < -0.39 is 17.7 Å². The molecule has 1 aliphatic rings. The number of carbonyl (C=O) groups is 1. The molecule has 0 aliphatic carbocycles. The van der Waals surface area contributed by atoms with Gasteiger partial charge in [0.25, 0.3) is 0 Å². The van der Waals surface area contributed by atoms with E-state index in [2.05, 4.69) is 10.2 Å². The van der Waals surface area contributed by atoms with E-state index in [1.54, 1.807) is 18.2 Å². The minimum atomic E-state index is -4.42. The summed E-state index contributed by atoms with van der Waals surface area (Å²) in [4.78, 5) is 12.7. The Hall–Kier alpha value is -4.31. The monoisotopic (exact) mass is 577 g/mol. The quantitative estimate of drug-likeness (QED) is 0.204. The lowest BCUT2D eigenvalue weighted by Gasteiger charge is -2.12. The average molecular weight is 578 g/mol. The van der Waals surface area contributed by atoms with Crippen molar-refractivity contribution in [3.8, 4) is 16.9 Å². The van der Waals surface area contributed by atoms with Crippen molar-refractivity contribution in [3.05, 3.63) is 82.8 Å². The maximum atomic E-state index is 13.2. The topological polar surface area (TPSA) is 89.4 Å². The third-order valence-corrected chi connectivity index (χ3v) is 7.84. The molecule has 1 aliphatic heterocycles. The average Bonchev–Trinajstić information content (AvgIpc) is 3.48. The van der Waals surface area contributed by atoms with Gasteiger partial charge in [0.15, 0.2) is 0 Å². The second-order valence-electron chi connectivity index (χ2n) is 10.6. The highest BCUT2D eigenvalue weighted by atomic mass is 19.4. The number of carboxylic acids is 1. The highest BCUT2D eigenvalue weighted by molar-refractivity contribution is 6.04. The Morgan fingerprint density at radius 1 is 1.12 bits per heavy atom. The van der Waals surface area contributed by atoms with Gasteiger partial charge in [-0.2, -0.15) is 18.3 Å². The van der Waals surface area contributed by atoms with Crippen LogP contribution in [0.3, 0.4) is 0 Å². The molecule has 0 fully saturated rings. The molecule has 7 nitrogen and oxygen atoms in total. The van der Waals surface area contributed by atoms with Crippen LogP contribution in [0.5, 0.6) is 5.75 Å². The summed E-state index contributed by atoms with van der Waals surface area (Å²) in [5.74, 6) is -0.498. The van der Waals surface area contributed by atoms with Crippen LogP contribution in [0.2, 0.25) is 0 Å². The number of para-hydroxylation sites is 1. The molecule has 0 saturated heterocycles. The molecule has 0 unspecified atom stereocenters. The summed E-state index contributed by atoms with van der Waals surface area (Å²) in [6.45, 7) is 3.69. The Labute approximate surface area is 239 Å². The van der Waals surface area contributed by atoms with Crippen LogP contribution in [0.25, 0.3) is 32.8 Å². The van der Waals surface area contributed by atoms with E-state index in [1.165, 1.54) is 6.07 Å². The SMILES string of the molecule is Cc1[nH]nc2c1-c1cccc3c(CCCOc4cccc5cc(C(F)(F)F)ccc45)c(C(=O)O)n(c13)CCCCOC2. The number of halogens is 3. The Bertz CT molecular complexity index is 1790. The first kappa shape index (κ1) is 27.8. The maximum absolute atomic E-state index is 13.2. The number of nitrogens with zero attached hydrogens (tertiary/aromatic N) is 2. The number of hydrogen-bond donors (Lipinski definition) is 2. The van der Waals surface area contributed by atoms with Gasteiger partial charge in [-0.05, 0) is 61.8 Å². The second-order valence-corrected chi connectivity index (χ2v) is 10.6. The van der Waals surface area contributed by atoms with Crippen LogP contribution in [-0.4, -0.2) is 39.1 Å². The molecule has 0 saturated carbocycles. The van der Waals surface area contributed by atoms with Crippen molar-refractivity contribution in [2.75, 3.05) is 13.2 Å². The summed E-state index contributed by atoms with van der Waals surface area (Å²) < 4.78 is 53.3. The number of aryl methyl sites for hydroxylation is 3. The fourth-order valence-electron chi connectivity index (χ4n) is 5.97. The molecule has 0 atom stereocenters. The molecule has 5 aromatic rings. The van der Waals surface area contributed by atoms with Crippen molar-refractivity contribution in [2.24, 2.45) is 0 Å². The third-order valence-electron chi connectivity index (χ3n) is 7.84. The fraction of sp³-hybridized carbons (Fsp3) is 0.312. The van der Waals surface area contributed by atoms with Crippen LogP contribution in [-0.2, 0) is 30.5 Å². The van der Waals surface area contributed by atoms with Gasteiger partial charge in [0.2, 0.25) is 0 Å². The van der Waals surface area contributed by atoms with E-state index in [9.17, 15) is 23.1 Å². The Balaban J connectivity index is 1.33. The van der Waals surface area contributed by atoms with Gasteiger partial charge in [-0.1, -0.05) is 36.4 Å². The van der Waals surface area contributed by atoms with E-state index in [0.717, 1.165) is 64.0 Å². The number of carboxylic acid groups (broad SMARTS) is 1. The fourth-order valence-corrected chi connectivity index (χ4v) is 5.97. The van der Waals surface area contributed by atoms with E-state index >= 15 is 0 Å². The van der Waals surface area contributed by atoms with Gasteiger partial charge >= 0.3 is 12.1 Å². The molecule has 6 rings (SSSR count).